The Morgan fingerprint density at radius 2 is 1.77 bits per heavy atom. The number of rotatable bonds is 0. The molecule has 0 saturated carbocycles. The summed E-state index contributed by atoms with van der Waals surface area (Å²) < 4.78 is 0. The molecule has 0 amide bonds. The van der Waals surface area contributed by atoms with Crippen LogP contribution in [0.5, 0.6) is 0 Å². The van der Waals surface area contributed by atoms with Crippen LogP contribution in [0.1, 0.15) is 11.1 Å². The number of nitrogens with zero attached hydrogens (tertiary/aromatic N) is 1. The molecule has 1 aliphatic heterocycles. The van der Waals surface area contributed by atoms with Crippen molar-refractivity contribution in [3.8, 4) is 0 Å². The van der Waals surface area contributed by atoms with Crippen LogP contribution in [0.2, 0.25) is 0 Å². The normalized spacial score (nSPS) is 13.5. The first kappa shape index (κ1) is 6.84. The van der Waals surface area contributed by atoms with Crippen molar-refractivity contribution in [2.45, 2.75) is 6.54 Å². The fourth-order valence-corrected chi connectivity index (χ4v) is 1.80. The summed E-state index contributed by atoms with van der Waals surface area (Å²) in [6.07, 6.45) is 1.96. The zero-order valence-electron chi connectivity index (χ0n) is 7.20. The summed E-state index contributed by atoms with van der Waals surface area (Å²) in [4.78, 5) is 4.25. The highest BCUT2D eigenvalue weighted by atomic mass is 14.7. The predicted molar refractivity (Wildman–Crippen MR) is 55.2 cm³/mol. The van der Waals surface area contributed by atoms with Crippen molar-refractivity contribution in [1.29, 1.82) is 0 Å². The van der Waals surface area contributed by atoms with Crippen molar-refractivity contribution in [3.05, 3.63) is 47.5 Å². The Bertz CT molecular complexity index is 497. The summed E-state index contributed by atoms with van der Waals surface area (Å²) >= 11 is 0. The van der Waals surface area contributed by atoms with Crippen LogP contribution >= 0.6 is 0 Å². The molecule has 0 atom stereocenters. The molecule has 0 saturated heterocycles. The zero-order valence-corrected chi connectivity index (χ0v) is 7.20. The van der Waals surface area contributed by atoms with Crippen molar-refractivity contribution in [2.24, 2.45) is 4.99 Å². The maximum absolute atomic E-state index is 4.25. The fraction of sp³-hybridized carbons (Fsp3) is 0.0833. The van der Waals surface area contributed by atoms with E-state index in [0.717, 1.165) is 6.54 Å². The first-order valence-electron chi connectivity index (χ1n) is 4.45. The third-order valence-electron chi connectivity index (χ3n) is 2.50. The van der Waals surface area contributed by atoms with E-state index in [0.29, 0.717) is 0 Å². The van der Waals surface area contributed by atoms with Crippen molar-refractivity contribution in [3.63, 3.8) is 0 Å². The molecule has 0 aromatic heterocycles. The van der Waals surface area contributed by atoms with Crippen molar-refractivity contribution in [2.75, 3.05) is 0 Å². The number of hydrogen-bond acceptors (Lipinski definition) is 1. The lowest BCUT2D eigenvalue weighted by Gasteiger charge is -2.00. The van der Waals surface area contributed by atoms with Gasteiger partial charge in [-0.15, -0.1) is 0 Å². The topological polar surface area (TPSA) is 12.4 Å². The second kappa shape index (κ2) is 2.43. The van der Waals surface area contributed by atoms with E-state index in [1.807, 2.05) is 6.21 Å². The van der Waals surface area contributed by atoms with Gasteiger partial charge in [0.05, 0.1) is 6.54 Å². The van der Waals surface area contributed by atoms with Gasteiger partial charge in [-0.25, -0.2) is 0 Å². The van der Waals surface area contributed by atoms with Gasteiger partial charge >= 0.3 is 0 Å². The number of aliphatic imine (C=N–C) groups is 1. The molecule has 2 aromatic carbocycles. The van der Waals surface area contributed by atoms with Crippen molar-refractivity contribution in [1.82, 2.24) is 0 Å². The van der Waals surface area contributed by atoms with Gasteiger partial charge < -0.3 is 0 Å². The first-order chi connectivity index (χ1) is 6.43. The van der Waals surface area contributed by atoms with Gasteiger partial charge in [-0.3, -0.25) is 4.99 Å². The van der Waals surface area contributed by atoms with Crippen LogP contribution in [0.25, 0.3) is 10.8 Å². The molecule has 3 rings (SSSR count). The molecule has 0 aliphatic carbocycles. The third kappa shape index (κ3) is 0.970. The minimum absolute atomic E-state index is 0.847. The second-order valence-corrected chi connectivity index (χ2v) is 3.37. The van der Waals surface area contributed by atoms with Gasteiger partial charge in [0.2, 0.25) is 0 Å². The Kier molecular flexibility index (Phi) is 1.28. The Labute approximate surface area is 76.7 Å². The minimum atomic E-state index is 0.847. The smallest absolute Gasteiger partial charge is 0.0646 e. The number of fused-ring (bicyclic) bond motifs is 2. The van der Waals surface area contributed by atoms with Crippen LogP contribution < -0.4 is 0 Å². The molecule has 1 heteroatoms. The van der Waals surface area contributed by atoms with E-state index in [4.69, 9.17) is 0 Å². The number of benzene rings is 2. The summed E-state index contributed by atoms with van der Waals surface area (Å²) in [7, 11) is 0. The molecule has 1 nitrogen and oxygen atoms in total. The Balaban J connectivity index is 2.40. The predicted octanol–water partition coefficient (Wildman–Crippen LogP) is 2.77. The summed E-state index contributed by atoms with van der Waals surface area (Å²) in [5, 5.41) is 2.61. The second-order valence-electron chi connectivity index (χ2n) is 3.37. The maximum Gasteiger partial charge on any atom is 0.0646 e. The van der Waals surface area contributed by atoms with Crippen LogP contribution in [-0.4, -0.2) is 6.21 Å². The molecule has 0 fully saturated rings. The quantitative estimate of drug-likeness (QED) is 0.572. The molecular weight excluding hydrogens is 158 g/mol. The lowest BCUT2D eigenvalue weighted by molar-refractivity contribution is 1.12. The van der Waals surface area contributed by atoms with Gasteiger partial charge in [-0.05, 0) is 34.0 Å². The molecule has 1 aliphatic rings. The Hall–Kier alpha value is -1.63. The van der Waals surface area contributed by atoms with Gasteiger partial charge in [0.25, 0.3) is 0 Å². The van der Waals surface area contributed by atoms with Crippen LogP contribution in [0.4, 0.5) is 0 Å². The molecule has 62 valence electrons. The Morgan fingerprint density at radius 1 is 1.00 bits per heavy atom. The molecule has 2 aromatic rings. The lowest BCUT2D eigenvalue weighted by Crippen LogP contribution is -1.84. The van der Waals surface area contributed by atoms with E-state index in [2.05, 4.69) is 41.4 Å². The largest absolute Gasteiger partial charge is 0.288 e. The van der Waals surface area contributed by atoms with Crippen LogP contribution in [-0.2, 0) is 6.54 Å². The maximum atomic E-state index is 4.25. The van der Waals surface area contributed by atoms with E-state index in [1.54, 1.807) is 0 Å². The molecule has 0 radical (unpaired) electrons. The summed E-state index contributed by atoms with van der Waals surface area (Å²) in [6, 6.07) is 12.9. The average molecular weight is 167 g/mol. The van der Waals surface area contributed by atoms with Crippen molar-refractivity contribution >= 4 is 17.0 Å². The SMILES string of the molecule is C1=NCc2cc3ccccc3cc21. The zero-order chi connectivity index (χ0) is 8.67. The highest BCUT2D eigenvalue weighted by Gasteiger charge is 2.06. The van der Waals surface area contributed by atoms with Crippen LogP contribution in [0.3, 0.4) is 0 Å². The summed E-state index contributed by atoms with van der Waals surface area (Å²) in [5.41, 5.74) is 2.62. The highest BCUT2D eigenvalue weighted by Crippen LogP contribution is 2.22. The monoisotopic (exact) mass is 167 g/mol. The minimum Gasteiger partial charge on any atom is -0.288 e. The van der Waals surface area contributed by atoms with E-state index in [-0.39, 0.29) is 0 Å². The highest BCUT2D eigenvalue weighted by molar-refractivity contribution is 5.93. The van der Waals surface area contributed by atoms with Crippen LogP contribution in [0.15, 0.2) is 41.4 Å². The van der Waals surface area contributed by atoms with E-state index in [1.165, 1.54) is 21.9 Å². The summed E-state index contributed by atoms with van der Waals surface area (Å²) in [6.45, 7) is 0.847. The number of hydrogen-bond donors (Lipinski definition) is 0. The molecule has 0 N–H and O–H groups in total. The average Bonchev–Trinajstić information content (AvgIpc) is 2.61. The molecular formula is C12H9N. The molecule has 13 heavy (non-hydrogen) atoms. The molecule has 0 unspecified atom stereocenters. The standard InChI is InChI=1S/C12H9N/c1-2-4-10-6-12-8-13-7-11(12)5-9(10)3-1/h1-7H,8H2. The van der Waals surface area contributed by atoms with E-state index < -0.39 is 0 Å². The van der Waals surface area contributed by atoms with E-state index in [9.17, 15) is 0 Å². The van der Waals surface area contributed by atoms with Gasteiger partial charge in [0.15, 0.2) is 0 Å². The summed E-state index contributed by atoms with van der Waals surface area (Å²) in [5.74, 6) is 0. The van der Waals surface area contributed by atoms with Crippen molar-refractivity contribution < 1.29 is 0 Å². The van der Waals surface area contributed by atoms with Gasteiger partial charge in [-0.2, -0.15) is 0 Å². The van der Waals surface area contributed by atoms with Gasteiger partial charge in [-0.1, -0.05) is 24.3 Å². The molecule has 0 bridgehead atoms. The van der Waals surface area contributed by atoms with E-state index >= 15 is 0 Å². The Morgan fingerprint density at radius 3 is 2.62 bits per heavy atom. The van der Waals surface area contributed by atoms with Crippen LogP contribution in [0, 0.1) is 0 Å². The first-order valence-corrected chi connectivity index (χ1v) is 4.45. The molecule has 0 spiro atoms. The lowest BCUT2D eigenvalue weighted by atomic mass is 10.0. The molecule has 1 heterocycles. The third-order valence-corrected chi connectivity index (χ3v) is 2.50. The van der Waals surface area contributed by atoms with Gasteiger partial charge in [0.1, 0.15) is 0 Å². The van der Waals surface area contributed by atoms with Gasteiger partial charge in [0, 0.05) is 6.21 Å². The fourth-order valence-electron chi connectivity index (χ4n) is 1.80.